The van der Waals surface area contributed by atoms with Gasteiger partial charge in [-0.3, -0.25) is 4.90 Å². The number of hydrogen-bond acceptors (Lipinski definition) is 2. The molecule has 96 valence electrons. The van der Waals surface area contributed by atoms with E-state index in [1.54, 1.807) is 0 Å². The summed E-state index contributed by atoms with van der Waals surface area (Å²) in [5, 5.41) is 0.816. The van der Waals surface area contributed by atoms with Crippen LogP contribution in [0.25, 0.3) is 0 Å². The third-order valence-corrected chi connectivity index (χ3v) is 3.67. The van der Waals surface area contributed by atoms with Crippen LogP contribution in [0.3, 0.4) is 0 Å². The minimum Gasteiger partial charge on any atom is -0.337 e. The fourth-order valence-corrected chi connectivity index (χ4v) is 2.25. The van der Waals surface area contributed by atoms with E-state index in [1.165, 1.54) is 0 Å². The van der Waals surface area contributed by atoms with Gasteiger partial charge in [0.05, 0.1) is 6.54 Å². The molecule has 1 unspecified atom stereocenters. The smallest absolute Gasteiger partial charge is 0.122 e. The Kier molecular flexibility index (Phi) is 4.04. The number of aryl methyl sites for hydroxylation is 1. The number of aromatic nitrogens is 2. The third-order valence-electron chi connectivity index (χ3n) is 3.33. The average Bonchev–Trinajstić information content (AvgIpc) is 2.75. The summed E-state index contributed by atoms with van der Waals surface area (Å²) in [6.07, 6.45) is 3.78. The van der Waals surface area contributed by atoms with Gasteiger partial charge in [-0.2, -0.15) is 0 Å². The molecule has 0 fully saturated rings. The monoisotopic (exact) mass is 263 g/mol. The minimum absolute atomic E-state index is 0.260. The first-order valence-corrected chi connectivity index (χ1v) is 6.38. The van der Waals surface area contributed by atoms with Gasteiger partial charge >= 0.3 is 0 Å². The van der Waals surface area contributed by atoms with Crippen LogP contribution < -0.4 is 0 Å². The SMILES string of the molecule is CC(c1ccccc1Cl)N(C)Cc1nccn1C. The summed E-state index contributed by atoms with van der Waals surface area (Å²) in [4.78, 5) is 6.58. The zero-order valence-corrected chi connectivity index (χ0v) is 11.7. The van der Waals surface area contributed by atoms with Gasteiger partial charge in [-0.05, 0) is 25.6 Å². The molecule has 0 bridgehead atoms. The Labute approximate surface area is 113 Å². The molecule has 0 aliphatic rings. The van der Waals surface area contributed by atoms with Crippen molar-refractivity contribution in [1.82, 2.24) is 14.5 Å². The summed E-state index contributed by atoms with van der Waals surface area (Å²) in [5.74, 6) is 1.05. The molecule has 0 aliphatic carbocycles. The molecule has 1 aromatic heterocycles. The molecule has 0 saturated carbocycles. The molecule has 0 spiro atoms. The third kappa shape index (κ3) is 2.74. The maximum Gasteiger partial charge on any atom is 0.122 e. The second kappa shape index (κ2) is 5.55. The van der Waals surface area contributed by atoms with Gasteiger partial charge in [0.1, 0.15) is 5.82 Å². The summed E-state index contributed by atoms with van der Waals surface area (Å²) >= 11 is 6.23. The fraction of sp³-hybridized carbons (Fsp3) is 0.357. The number of benzene rings is 1. The zero-order valence-electron chi connectivity index (χ0n) is 11.0. The second-order valence-corrected chi connectivity index (χ2v) is 4.97. The Bertz CT molecular complexity index is 521. The van der Waals surface area contributed by atoms with E-state index < -0.39 is 0 Å². The number of imidazole rings is 1. The van der Waals surface area contributed by atoms with E-state index in [1.807, 2.05) is 42.2 Å². The highest BCUT2D eigenvalue weighted by Gasteiger charge is 2.15. The van der Waals surface area contributed by atoms with Gasteiger partial charge in [-0.25, -0.2) is 4.98 Å². The van der Waals surface area contributed by atoms with Gasteiger partial charge in [-0.1, -0.05) is 29.8 Å². The van der Waals surface area contributed by atoms with Crippen molar-refractivity contribution in [3.05, 3.63) is 53.1 Å². The van der Waals surface area contributed by atoms with Crippen LogP contribution in [-0.2, 0) is 13.6 Å². The molecule has 1 aromatic carbocycles. The summed E-state index contributed by atoms with van der Waals surface area (Å²) in [5.41, 5.74) is 1.15. The van der Waals surface area contributed by atoms with Crippen LogP contribution in [-0.4, -0.2) is 21.5 Å². The molecule has 18 heavy (non-hydrogen) atoms. The van der Waals surface area contributed by atoms with Crippen molar-refractivity contribution in [2.45, 2.75) is 19.5 Å². The first-order chi connectivity index (χ1) is 8.59. The van der Waals surface area contributed by atoms with E-state index in [2.05, 4.69) is 29.9 Å². The van der Waals surface area contributed by atoms with Gasteiger partial charge in [0.2, 0.25) is 0 Å². The van der Waals surface area contributed by atoms with E-state index in [0.29, 0.717) is 0 Å². The molecule has 2 rings (SSSR count). The predicted molar refractivity (Wildman–Crippen MR) is 74.5 cm³/mol. The molecular weight excluding hydrogens is 246 g/mol. The Morgan fingerprint density at radius 1 is 1.39 bits per heavy atom. The lowest BCUT2D eigenvalue weighted by Crippen LogP contribution is -2.23. The summed E-state index contributed by atoms with van der Waals surface area (Å²) in [6, 6.07) is 8.24. The lowest BCUT2D eigenvalue weighted by Gasteiger charge is -2.25. The number of halogens is 1. The molecule has 0 amide bonds. The topological polar surface area (TPSA) is 21.1 Å². The highest BCUT2D eigenvalue weighted by Crippen LogP contribution is 2.26. The van der Waals surface area contributed by atoms with Crippen LogP contribution in [0.5, 0.6) is 0 Å². The summed E-state index contributed by atoms with van der Waals surface area (Å²) in [6.45, 7) is 2.96. The molecule has 0 aliphatic heterocycles. The predicted octanol–water partition coefficient (Wildman–Crippen LogP) is 3.27. The van der Waals surface area contributed by atoms with Crippen molar-refractivity contribution >= 4 is 11.6 Å². The molecule has 4 heteroatoms. The maximum atomic E-state index is 6.23. The Morgan fingerprint density at radius 3 is 2.72 bits per heavy atom. The molecule has 1 heterocycles. The van der Waals surface area contributed by atoms with Crippen LogP contribution in [0.15, 0.2) is 36.7 Å². The number of rotatable bonds is 4. The Balaban J connectivity index is 2.12. The quantitative estimate of drug-likeness (QED) is 0.844. The molecule has 0 saturated heterocycles. The van der Waals surface area contributed by atoms with Gasteiger partial charge in [0.15, 0.2) is 0 Å². The summed E-state index contributed by atoms with van der Waals surface area (Å²) in [7, 11) is 4.10. The van der Waals surface area contributed by atoms with Crippen LogP contribution in [0.2, 0.25) is 5.02 Å². The van der Waals surface area contributed by atoms with Crippen molar-refractivity contribution in [3.63, 3.8) is 0 Å². The molecule has 1 atom stereocenters. The highest BCUT2D eigenvalue weighted by atomic mass is 35.5. The normalized spacial score (nSPS) is 12.9. The van der Waals surface area contributed by atoms with E-state index in [9.17, 15) is 0 Å². The first-order valence-electron chi connectivity index (χ1n) is 6.00. The first kappa shape index (κ1) is 13.1. The average molecular weight is 264 g/mol. The van der Waals surface area contributed by atoms with E-state index in [4.69, 9.17) is 11.6 Å². The number of nitrogens with zero attached hydrogens (tertiary/aromatic N) is 3. The molecule has 2 aromatic rings. The van der Waals surface area contributed by atoms with Crippen molar-refractivity contribution in [3.8, 4) is 0 Å². The minimum atomic E-state index is 0.260. The Morgan fingerprint density at radius 2 is 2.11 bits per heavy atom. The van der Waals surface area contributed by atoms with Crippen molar-refractivity contribution < 1.29 is 0 Å². The van der Waals surface area contributed by atoms with E-state index in [0.717, 1.165) is 23.0 Å². The highest BCUT2D eigenvalue weighted by molar-refractivity contribution is 6.31. The van der Waals surface area contributed by atoms with Gasteiger partial charge in [0, 0.05) is 30.5 Å². The van der Waals surface area contributed by atoms with Crippen LogP contribution in [0.1, 0.15) is 24.4 Å². The van der Waals surface area contributed by atoms with E-state index >= 15 is 0 Å². The zero-order chi connectivity index (χ0) is 13.1. The lowest BCUT2D eigenvalue weighted by atomic mass is 10.1. The molecule has 0 N–H and O–H groups in total. The Hall–Kier alpha value is -1.32. The van der Waals surface area contributed by atoms with Gasteiger partial charge < -0.3 is 4.57 Å². The fourth-order valence-electron chi connectivity index (χ4n) is 1.96. The van der Waals surface area contributed by atoms with Gasteiger partial charge in [0.25, 0.3) is 0 Å². The van der Waals surface area contributed by atoms with Crippen LogP contribution in [0, 0.1) is 0 Å². The maximum absolute atomic E-state index is 6.23. The van der Waals surface area contributed by atoms with Crippen molar-refractivity contribution in [2.75, 3.05) is 7.05 Å². The van der Waals surface area contributed by atoms with Gasteiger partial charge in [-0.15, -0.1) is 0 Å². The molecule has 3 nitrogen and oxygen atoms in total. The largest absolute Gasteiger partial charge is 0.337 e. The van der Waals surface area contributed by atoms with Crippen molar-refractivity contribution in [1.29, 1.82) is 0 Å². The van der Waals surface area contributed by atoms with E-state index in [-0.39, 0.29) is 6.04 Å². The van der Waals surface area contributed by atoms with Crippen LogP contribution in [0.4, 0.5) is 0 Å². The molecule has 0 radical (unpaired) electrons. The summed E-state index contributed by atoms with van der Waals surface area (Å²) < 4.78 is 2.04. The van der Waals surface area contributed by atoms with Crippen molar-refractivity contribution in [2.24, 2.45) is 7.05 Å². The standard InChI is InChI=1S/C14H18ClN3/c1-11(12-6-4-5-7-13(12)15)18(3)10-14-16-8-9-17(14)2/h4-9,11H,10H2,1-3H3. The molecular formula is C14H18ClN3. The van der Waals surface area contributed by atoms with Crippen LogP contribution >= 0.6 is 11.6 Å². The number of hydrogen-bond donors (Lipinski definition) is 0. The lowest BCUT2D eigenvalue weighted by molar-refractivity contribution is 0.244. The second-order valence-electron chi connectivity index (χ2n) is 4.57.